The molecule has 0 spiro atoms. The van der Waals surface area contributed by atoms with Gasteiger partial charge in [-0.1, -0.05) is 40.9 Å². The van der Waals surface area contributed by atoms with Crippen molar-refractivity contribution in [1.29, 1.82) is 0 Å². The summed E-state index contributed by atoms with van der Waals surface area (Å²) in [5.41, 5.74) is 0. The molecule has 0 radical (unpaired) electrons. The van der Waals surface area contributed by atoms with Crippen molar-refractivity contribution in [3.8, 4) is 0 Å². The molecule has 0 nitrogen and oxygen atoms in total. The molecule has 0 heterocycles. The van der Waals surface area contributed by atoms with Crippen LogP contribution < -0.4 is 0 Å². The van der Waals surface area contributed by atoms with E-state index in [1.54, 1.807) is 11.8 Å². The Bertz CT molecular complexity index is 315. The third-order valence-corrected chi connectivity index (χ3v) is 3.39. The van der Waals surface area contributed by atoms with Gasteiger partial charge in [-0.2, -0.15) is 0 Å². The van der Waals surface area contributed by atoms with Gasteiger partial charge in [-0.3, -0.25) is 0 Å². The van der Waals surface area contributed by atoms with Crippen LogP contribution in [-0.4, -0.2) is 5.75 Å². The Morgan fingerprint density at radius 1 is 1.20 bits per heavy atom. The van der Waals surface area contributed by atoms with E-state index in [0.29, 0.717) is 4.49 Å². The number of rotatable bonds is 5. The fraction of sp³-hybridized carbons (Fsp3) is 0.273. The summed E-state index contributed by atoms with van der Waals surface area (Å²) < 4.78 is 0.353. The fourth-order valence-electron chi connectivity index (χ4n) is 1.02. The highest BCUT2D eigenvalue weighted by molar-refractivity contribution is 7.99. The molecule has 0 N–H and O–H groups in total. The molecule has 1 rings (SSSR count). The average molecular weight is 282 g/mol. The van der Waals surface area contributed by atoms with Gasteiger partial charge in [0.2, 0.25) is 0 Å². The van der Waals surface area contributed by atoms with Crippen LogP contribution in [0.25, 0.3) is 0 Å². The Kier molecular flexibility index (Phi) is 6.58. The van der Waals surface area contributed by atoms with Crippen molar-refractivity contribution >= 4 is 46.6 Å². The van der Waals surface area contributed by atoms with Gasteiger partial charge in [0, 0.05) is 9.92 Å². The largest absolute Gasteiger partial charge is 0.126 e. The summed E-state index contributed by atoms with van der Waals surface area (Å²) >= 11 is 18.6. The molecule has 1 aromatic rings. The molecule has 0 aliphatic carbocycles. The maximum Gasteiger partial charge on any atom is 0.102 e. The summed E-state index contributed by atoms with van der Waals surface area (Å²) in [4.78, 5) is 1.24. The number of hydrogen-bond acceptors (Lipinski definition) is 1. The molecule has 15 heavy (non-hydrogen) atoms. The molecule has 0 aromatic heterocycles. The number of benzene rings is 1. The molecule has 0 aliphatic rings. The van der Waals surface area contributed by atoms with Gasteiger partial charge in [0.05, 0.1) is 0 Å². The van der Waals surface area contributed by atoms with Crippen molar-refractivity contribution in [1.82, 2.24) is 0 Å². The fourth-order valence-corrected chi connectivity index (χ4v) is 2.23. The first kappa shape index (κ1) is 13.2. The summed E-state index contributed by atoms with van der Waals surface area (Å²) in [6, 6.07) is 7.85. The number of unbranched alkanes of at least 4 members (excludes halogenated alkanes) is 1. The van der Waals surface area contributed by atoms with Crippen molar-refractivity contribution in [3.05, 3.63) is 39.9 Å². The Labute approximate surface area is 110 Å². The monoisotopic (exact) mass is 280 g/mol. The molecule has 0 bridgehead atoms. The number of thioether (sulfide) groups is 1. The highest BCUT2D eigenvalue weighted by Crippen LogP contribution is 2.21. The van der Waals surface area contributed by atoms with E-state index in [1.165, 1.54) is 4.90 Å². The average Bonchev–Trinajstić information content (AvgIpc) is 2.20. The Morgan fingerprint density at radius 2 is 1.87 bits per heavy atom. The zero-order valence-electron chi connectivity index (χ0n) is 8.05. The molecule has 0 fully saturated rings. The van der Waals surface area contributed by atoms with Crippen molar-refractivity contribution in [2.45, 2.75) is 17.7 Å². The van der Waals surface area contributed by atoms with Crippen LogP contribution in [0.1, 0.15) is 12.8 Å². The van der Waals surface area contributed by atoms with Gasteiger partial charge in [-0.15, -0.1) is 11.8 Å². The minimum absolute atomic E-state index is 0.353. The predicted molar refractivity (Wildman–Crippen MR) is 71.2 cm³/mol. The second-order valence-corrected chi connectivity index (χ2v) is 5.55. The van der Waals surface area contributed by atoms with E-state index < -0.39 is 0 Å². The van der Waals surface area contributed by atoms with Gasteiger partial charge in [-0.05, 0) is 42.9 Å². The number of halogens is 3. The molecule has 1 aromatic carbocycles. The van der Waals surface area contributed by atoms with Crippen LogP contribution in [0.2, 0.25) is 5.02 Å². The van der Waals surface area contributed by atoms with Crippen LogP contribution in [0.3, 0.4) is 0 Å². The lowest BCUT2D eigenvalue weighted by molar-refractivity contribution is 0.971. The highest BCUT2D eigenvalue weighted by atomic mass is 35.5. The van der Waals surface area contributed by atoms with Crippen LogP contribution in [0.5, 0.6) is 0 Å². The summed E-state index contributed by atoms with van der Waals surface area (Å²) in [6.07, 6.45) is 3.81. The molecule has 82 valence electrons. The standard InChI is InChI=1S/C11H11Cl3S/c12-9-4-6-10(7-5-9)15-8-2-1-3-11(13)14/h3-7H,1-2,8H2. The van der Waals surface area contributed by atoms with Crippen LogP contribution in [0, 0.1) is 0 Å². The predicted octanol–water partition coefficient (Wildman–Crippen LogP) is 5.53. The van der Waals surface area contributed by atoms with E-state index in [1.807, 2.05) is 30.3 Å². The van der Waals surface area contributed by atoms with E-state index in [-0.39, 0.29) is 0 Å². The molecule has 0 saturated carbocycles. The third kappa shape index (κ3) is 6.36. The Hall–Kier alpha value is 0.180. The van der Waals surface area contributed by atoms with E-state index in [2.05, 4.69) is 0 Å². The van der Waals surface area contributed by atoms with Gasteiger partial charge in [0.15, 0.2) is 0 Å². The van der Waals surface area contributed by atoms with Crippen molar-refractivity contribution in [2.75, 3.05) is 5.75 Å². The molecular formula is C11H11Cl3S. The van der Waals surface area contributed by atoms with Crippen LogP contribution in [0.4, 0.5) is 0 Å². The first-order chi connectivity index (χ1) is 7.18. The first-order valence-corrected chi connectivity index (χ1v) is 6.70. The molecule has 0 saturated heterocycles. The van der Waals surface area contributed by atoms with E-state index >= 15 is 0 Å². The van der Waals surface area contributed by atoms with Crippen molar-refractivity contribution in [3.63, 3.8) is 0 Å². The lowest BCUT2D eigenvalue weighted by Crippen LogP contribution is -1.78. The summed E-state index contributed by atoms with van der Waals surface area (Å²) in [5, 5.41) is 0.774. The zero-order chi connectivity index (χ0) is 11.1. The lowest BCUT2D eigenvalue weighted by atomic mass is 10.3. The van der Waals surface area contributed by atoms with Gasteiger partial charge in [-0.25, -0.2) is 0 Å². The number of allylic oxidation sites excluding steroid dienone is 1. The van der Waals surface area contributed by atoms with Gasteiger partial charge < -0.3 is 0 Å². The molecule has 0 amide bonds. The van der Waals surface area contributed by atoms with Crippen molar-refractivity contribution < 1.29 is 0 Å². The SMILES string of the molecule is ClC(Cl)=CCCCSc1ccc(Cl)cc1. The summed E-state index contributed by atoms with van der Waals surface area (Å²) in [6.45, 7) is 0. The molecule has 0 aliphatic heterocycles. The number of hydrogen-bond donors (Lipinski definition) is 0. The van der Waals surface area contributed by atoms with E-state index in [0.717, 1.165) is 23.6 Å². The third-order valence-electron chi connectivity index (χ3n) is 1.73. The molecule has 0 unspecified atom stereocenters. The van der Waals surface area contributed by atoms with Gasteiger partial charge >= 0.3 is 0 Å². The first-order valence-electron chi connectivity index (χ1n) is 4.58. The second-order valence-electron chi connectivity index (χ2n) is 2.94. The lowest BCUT2D eigenvalue weighted by Gasteiger charge is -2.00. The second kappa shape index (κ2) is 7.45. The van der Waals surface area contributed by atoms with Gasteiger partial charge in [0.1, 0.15) is 4.49 Å². The van der Waals surface area contributed by atoms with Gasteiger partial charge in [0.25, 0.3) is 0 Å². The summed E-state index contributed by atoms with van der Waals surface area (Å²) in [5.74, 6) is 1.05. The van der Waals surface area contributed by atoms with Crippen LogP contribution >= 0.6 is 46.6 Å². The topological polar surface area (TPSA) is 0 Å². The molecule has 0 atom stereocenters. The smallest absolute Gasteiger partial charge is 0.102 e. The van der Waals surface area contributed by atoms with Crippen molar-refractivity contribution in [2.24, 2.45) is 0 Å². The van der Waals surface area contributed by atoms with Crippen LogP contribution in [0.15, 0.2) is 39.7 Å². The highest BCUT2D eigenvalue weighted by Gasteiger charge is 1.94. The van der Waals surface area contributed by atoms with E-state index in [4.69, 9.17) is 34.8 Å². The Morgan fingerprint density at radius 3 is 2.47 bits per heavy atom. The maximum absolute atomic E-state index is 5.78. The van der Waals surface area contributed by atoms with Crippen LogP contribution in [-0.2, 0) is 0 Å². The quantitative estimate of drug-likeness (QED) is 0.505. The molecule has 4 heteroatoms. The van der Waals surface area contributed by atoms with E-state index in [9.17, 15) is 0 Å². The normalized spacial score (nSPS) is 10.1. The maximum atomic E-state index is 5.78. The Balaban J connectivity index is 2.20. The minimum Gasteiger partial charge on any atom is -0.126 e. The summed E-state index contributed by atoms with van der Waals surface area (Å²) in [7, 11) is 0. The zero-order valence-corrected chi connectivity index (χ0v) is 11.1. The molecular weight excluding hydrogens is 271 g/mol. The minimum atomic E-state index is 0.353.